The summed E-state index contributed by atoms with van der Waals surface area (Å²) >= 11 is 6.75. The third-order valence-electron chi connectivity index (χ3n) is 4.11. The second-order valence-corrected chi connectivity index (χ2v) is 8.73. The monoisotopic (exact) mass is 430 g/mol. The maximum absolute atomic E-state index is 13.2. The lowest BCUT2D eigenvalue weighted by atomic mass is 10.0. The first-order valence-electron chi connectivity index (χ1n) is 7.96. The molecule has 0 amide bonds. The summed E-state index contributed by atoms with van der Waals surface area (Å²) in [5.74, 6) is 0. The average molecular weight is 431 g/mol. The minimum absolute atomic E-state index is 0.0345. The second kappa shape index (κ2) is 6.86. The van der Waals surface area contributed by atoms with Gasteiger partial charge in [-0.05, 0) is 35.6 Å². The van der Waals surface area contributed by atoms with Crippen molar-refractivity contribution in [1.82, 2.24) is 9.55 Å². The van der Waals surface area contributed by atoms with E-state index in [-0.39, 0.29) is 5.56 Å². The van der Waals surface area contributed by atoms with Gasteiger partial charge in [0, 0.05) is 19.8 Å². The van der Waals surface area contributed by atoms with Crippen molar-refractivity contribution in [2.24, 2.45) is 0 Å². The normalized spacial score (nSPS) is 11.3. The van der Waals surface area contributed by atoms with Gasteiger partial charge in [0.25, 0.3) is 5.56 Å². The van der Waals surface area contributed by atoms with Gasteiger partial charge in [0.1, 0.15) is 4.83 Å². The molecule has 1 aromatic carbocycles. The Hall–Kier alpha value is -1.76. The number of fused-ring (bicyclic) bond motifs is 1. The largest absolute Gasteiger partial charge is 0.293 e. The molecular weight excluding hydrogens is 416 g/mol. The summed E-state index contributed by atoms with van der Waals surface area (Å²) in [5, 5.41) is 2.77. The molecule has 0 bridgehead atoms. The molecule has 0 radical (unpaired) electrons. The number of benzene rings is 1. The Morgan fingerprint density at radius 3 is 2.68 bits per heavy atom. The summed E-state index contributed by atoms with van der Waals surface area (Å²) in [7, 11) is 0. The molecule has 0 spiro atoms. The maximum Gasteiger partial charge on any atom is 0.263 e. The van der Waals surface area contributed by atoms with Gasteiger partial charge < -0.3 is 0 Å². The van der Waals surface area contributed by atoms with Crippen LogP contribution in [0.2, 0.25) is 0 Å². The highest BCUT2D eigenvalue weighted by Gasteiger charge is 2.18. The van der Waals surface area contributed by atoms with Crippen LogP contribution in [0, 0.1) is 0 Å². The van der Waals surface area contributed by atoms with Crippen LogP contribution >= 0.6 is 38.6 Å². The van der Waals surface area contributed by atoms with Crippen molar-refractivity contribution in [2.45, 2.75) is 19.9 Å². The Balaban J connectivity index is 1.94. The van der Waals surface area contributed by atoms with Gasteiger partial charge in [0.15, 0.2) is 0 Å². The zero-order valence-corrected chi connectivity index (χ0v) is 16.7. The van der Waals surface area contributed by atoms with Gasteiger partial charge in [0.2, 0.25) is 0 Å². The topological polar surface area (TPSA) is 34.9 Å². The molecule has 6 heteroatoms. The van der Waals surface area contributed by atoms with Crippen molar-refractivity contribution in [1.29, 1.82) is 0 Å². The van der Waals surface area contributed by atoms with E-state index < -0.39 is 0 Å². The highest BCUT2D eigenvalue weighted by Crippen LogP contribution is 2.36. The quantitative estimate of drug-likeness (QED) is 0.424. The Labute approximate surface area is 161 Å². The maximum atomic E-state index is 13.2. The summed E-state index contributed by atoms with van der Waals surface area (Å²) < 4.78 is 2.74. The van der Waals surface area contributed by atoms with Gasteiger partial charge >= 0.3 is 0 Å². The standard InChI is InChI=1S/C19H15BrN2OS2/c1-2-15-16(12-5-7-13(20)8-6-12)17-18(25-15)21-11-22(19(17)23)10-14-4-3-9-24-14/h3-9,11H,2,10H2,1H3. The fourth-order valence-electron chi connectivity index (χ4n) is 2.93. The van der Waals surface area contributed by atoms with Crippen LogP contribution in [-0.4, -0.2) is 9.55 Å². The summed E-state index contributed by atoms with van der Waals surface area (Å²) in [6, 6.07) is 12.2. The van der Waals surface area contributed by atoms with Crippen molar-refractivity contribution in [3.63, 3.8) is 0 Å². The summed E-state index contributed by atoms with van der Waals surface area (Å²) in [4.78, 5) is 20.9. The van der Waals surface area contributed by atoms with Gasteiger partial charge in [-0.1, -0.05) is 41.1 Å². The molecule has 0 saturated heterocycles. The summed E-state index contributed by atoms with van der Waals surface area (Å²) in [6.45, 7) is 2.69. The van der Waals surface area contributed by atoms with Crippen LogP contribution in [0.15, 0.2) is 57.4 Å². The predicted octanol–water partition coefficient (Wildman–Crippen LogP) is 5.56. The highest BCUT2D eigenvalue weighted by atomic mass is 79.9. The lowest BCUT2D eigenvalue weighted by Gasteiger charge is -2.06. The summed E-state index contributed by atoms with van der Waals surface area (Å²) in [6.07, 6.45) is 2.56. The predicted molar refractivity (Wildman–Crippen MR) is 110 cm³/mol. The molecule has 0 N–H and O–H groups in total. The molecule has 3 aromatic heterocycles. The number of hydrogen-bond acceptors (Lipinski definition) is 4. The molecule has 0 aliphatic heterocycles. The fraction of sp³-hybridized carbons (Fsp3) is 0.158. The van der Waals surface area contributed by atoms with E-state index in [1.807, 2.05) is 29.6 Å². The number of aromatic nitrogens is 2. The Morgan fingerprint density at radius 1 is 1.20 bits per heavy atom. The zero-order chi connectivity index (χ0) is 17.4. The molecule has 0 atom stereocenters. The molecule has 0 saturated carbocycles. The van der Waals surface area contributed by atoms with Crippen LogP contribution in [0.4, 0.5) is 0 Å². The molecule has 126 valence electrons. The van der Waals surface area contributed by atoms with Gasteiger partial charge in [0.05, 0.1) is 18.3 Å². The van der Waals surface area contributed by atoms with Crippen molar-refractivity contribution in [3.05, 3.63) is 72.7 Å². The van der Waals surface area contributed by atoms with Gasteiger partial charge in [-0.3, -0.25) is 9.36 Å². The smallest absolute Gasteiger partial charge is 0.263 e. The van der Waals surface area contributed by atoms with Crippen molar-refractivity contribution in [2.75, 3.05) is 0 Å². The summed E-state index contributed by atoms with van der Waals surface area (Å²) in [5.41, 5.74) is 2.14. The van der Waals surface area contributed by atoms with Gasteiger partial charge in [-0.2, -0.15) is 0 Å². The number of halogens is 1. The van der Waals surface area contributed by atoms with Crippen LogP contribution in [0.25, 0.3) is 21.3 Å². The second-order valence-electron chi connectivity index (χ2n) is 5.70. The third-order valence-corrected chi connectivity index (χ3v) is 6.74. The average Bonchev–Trinajstić information content (AvgIpc) is 3.25. The van der Waals surface area contributed by atoms with Gasteiger partial charge in [-0.25, -0.2) is 4.98 Å². The van der Waals surface area contributed by atoms with E-state index in [0.717, 1.165) is 37.1 Å². The zero-order valence-electron chi connectivity index (χ0n) is 13.5. The molecule has 0 aliphatic carbocycles. The van der Waals surface area contributed by atoms with Crippen LogP contribution in [0.5, 0.6) is 0 Å². The van der Waals surface area contributed by atoms with Crippen LogP contribution < -0.4 is 5.56 Å². The number of rotatable bonds is 4. The number of thiophene rings is 2. The van der Waals surface area contributed by atoms with E-state index in [2.05, 4.69) is 40.0 Å². The van der Waals surface area contributed by atoms with Crippen molar-refractivity contribution < 1.29 is 0 Å². The molecule has 0 fully saturated rings. The van der Waals surface area contributed by atoms with Gasteiger partial charge in [-0.15, -0.1) is 22.7 Å². The third kappa shape index (κ3) is 3.10. The van der Waals surface area contributed by atoms with E-state index in [4.69, 9.17) is 0 Å². The molecule has 3 heterocycles. The minimum atomic E-state index is 0.0345. The first-order chi connectivity index (χ1) is 12.2. The highest BCUT2D eigenvalue weighted by molar-refractivity contribution is 9.10. The SMILES string of the molecule is CCc1sc2ncn(Cc3cccs3)c(=O)c2c1-c1ccc(Br)cc1. The lowest BCUT2D eigenvalue weighted by molar-refractivity contribution is 0.759. The Kier molecular flexibility index (Phi) is 4.58. The molecule has 4 rings (SSSR count). The van der Waals surface area contributed by atoms with E-state index in [1.54, 1.807) is 33.6 Å². The fourth-order valence-corrected chi connectivity index (χ4v) is 4.98. The van der Waals surface area contributed by atoms with E-state index >= 15 is 0 Å². The van der Waals surface area contributed by atoms with Crippen molar-refractivity contribution >= 4 is 48.8 Å². The molecule has 0 aliphatic rings. The molecule has 3 nitrogen and oxygen atoms in total. The number of aryl methyl sites for hydroxylation is 1. The van der Waals surface area contributed by atoms with E-state index in [9.17, 15) is 4.79 Å². The molecular formula is C19H15BrN2OS2. The van der Waals surface area contributed by atoms with E-state index in [0.29, 0.717) is 6.54 Å². The Morgan fingerprint density at radius 2 is 2.00 bits per heavy atom. The molecule has 4 aromatic rings. The van der Waals surface area contributed by atoms with Crippen LogP contribution in [0.3, 0.4) is 0 Å². The lowest BCUT2D eigenvalue weighted by Crippen LogP contribution is -2.20. The molecule has 0 unspecified atom stereocenters. The van der Waals surface area contributed by atoms with Crippen LogP contribution in [-0.2, 0) is 13.0 Å². The van der Waals surface area contributed by atoms with Crippen molar-refractivity contribution in [3.8, 4) is 11.1 Å². The van der Waals surface area contributed by atoms with Crippen LogP contribution in [0.1, 0.15) is 16.7 Å². The number of nitrogens with zero attached hydrogens (tertiary/aromatic N) is 2. The molecule has 25 heavy (non-hydrogen) atoms. The minimum Gasteiger partial charge on any atom is -0.293 e. The Bertz CT molecular complexity index is 1080. The van der Waals surface area contributed by atoms with E-state index in [1.165, 1.54) is 4.88 Å². The first-order valence-corrected chi connectivity index (χ1v) is 10.5. The first kappa shape index (κ1) is 16.7. The number of hydrogen-bond donors (Lipinski definition) is 0.